The molecule has 0 aromatic heterocycles. The second-order valence-corrected chi connectivity index (χ2v) is 5.54. The van der Waals surface area contributed by atoms with Crippen molar-refractivity contribution < 1.29 is 23.1 Å². The van der Waals surface area contributed by atoms with Gasteiger partial charge in [0.15, 0.2) is 6.61 Å². The standard InChI is InChI=1S/C18H18F2N2O3/c1-22(2)14-6-3-12(4-7-14)10-21-17(23)11-25-18(24)15-8-5-13(19)9-16(15)20/h3-9H,10-11H2,1-2H3,(H,21,23). The molecule has 0 aliphatic heterocycles. The number of benzene rings is 2. The molecular weight excluding hydrogens is 330 g/mol. The van der Waals surface area contributed by atoms with Crippen LogP contribution in [0.15, 0.2) is 42.5 Å². The number of carbonyl (C=O) groups is 2. The zero-order chi connectivity index (χ0) is 18.4. The van der Waals surface area contributed by atoms with E-state index in [9.17, 15) is 18.4 Å². The van der Waals surface area contributed by atoms with Crippen LogP contribution in [0.1, 0.15) is 15.9 Å². The molecule has 0 saturated heterocycles. The van der Waals surface area contributed by atoms with Gasteiger partial charge in [-0.2, -0.15) is 0 Å². The largest absolute Gasteiger partial charge is 0.452 e. The lowest BCUT2D eigenvalue weighted by Crippen LogP contribution is -2.28. The van der Waals surface area contributed by atoms with Gasteiger partial charge in [0.2, 0.25) is 0 Å². The third kappa shape index (κ3) is 5.27. The number of nitrogens with one attached hydrogen (secondary N) is 1. The normalized spacial score (nSPS) is 10.2. The molecule has 5 nitrogen and oxygen atoms in total. The van der Waals surface area contributed by atoms with E-state index in [0.717, 1.165) is 23.4 Å². The van der Waals surface area contributed by atoms with E-state index in [2.05, 4.69) is 5.32 Å². The minimum absolute atomic E-state index is 0.273. The van der Waals surface area contributed by atoms with Gasteiger partial charge in [-0.3, -0.25) is 4.79 Å². The maximum Gasteiger partial charge on any atom is 0.341 e. The fourth-order valence-corrected chi connectivity index (χ4v) is 2.03. The molecule has 2 aromatic carbocycles. The van der Waals surface area contributed by atoms with Crippen LogP contribution >= 0.6 is 0 Å². The van der Waals surface area contributed by atoms with E-state index in [1.807, 2.05) is 43.3 Å². The van der Waals surface area contributed by atoms with Crippen molar-refractivity contribution in [3.8, 4) is 0 Å². The number of ether oxygens (including phenoxy) is 1. The summed E-state index contributed by atoms with van der Waals surface area (Å²) in [7, 11) is 3.85. The lowest BCUT2D eigenvalue weighted by atomic mass is 10.2. The molecule has 0 bridgehead atoms. The molecule has 0 aliphatic carbocycles. The van der Waals surface area contributed by atoms with Crippen molar-refractivity contribution in [1.82, 2.24) is 5.32 Å². The Morgan fingerprint density at radius 3 is 2.36 bits per heavy atom. The highest BCUT2D eigenvalue weighted by Crippen LogP contribution is 2.12. The van der Waals surface area contributed by atoms with Crippen molar-refractivity contribution in [1.29, 1.82) is 0 Å². The predicted molar refractivity (Wildman–Crippen MR) is 89.3 cm³/mol. The summed E-state index contributed by atoms with van der Waals surface area (Å²) in [5, 5.41) is 2.59. The van der Waals surface area contributed by atoms with Gasteiger partial charge in [-0.1, -0.05) is 12.1 Å². The topological polar surface area (TPSA) is 58.6 Å². The number of esters is 1. The molecule has 7 heteroatoms. The van der Waals surface area contributed by atoms with E-state index in [1.165, 1.54) is 0 Å². The Bertz CT molecular complexity index is 761. The van der Waals surface area contributed by atoms with Gasteiger partial charge in [-0.25, -0.2) is 13.6 Å². The van der Waals surface area contributed by atoms with Crippen LogP contribution in [0.3, 0.4) is 0 Å². The van der Waals surface area contributed by atoms with Gasteiger partial charge in [0.1, 0.15) is 11.6 Å². The Labute approximate surface area is 144 Å². The molecule has 1 N–H and O–H groups in total. The summed E-state index contributed by atoms with van der Waals surface area (Å²) in [5.41, 5.74) is 1.49. The van der Waals surface area contributed by atoms with Gasteiger partial charge >= 0.3 is 5.97 Å². The van der Waals surface area contributed by atoms with Crippen LogP contribution in [0.2, 0.25) is 0 Å². The number of rotatable bonds is 6. The molecule has 0 atom stereocenters. The Kier molecular flexibility index (Phi) is 6.05. The van der Waals surface area contributed by atoms with Crippen molar-refractivity contribution in [3.05, 3.63) is 65.2 Å². The zero-order valence-corrected chi connectivity index (χ0v) is 13.9. The first-order chi connectivity index (χ1) is 11.9. The summed E-state index contributed by atoms with van der Waals surface area (Å²) in [4.78, 5) is 25.4. The molecule has 0 fully saturated rings. The van der Waals surface area contributed by atoms with Crippen molar-refractivity contribution in [2.24, 2.45) is 0 Å². The molecule has 0 saturated carbocycles. The van der Waals surface area contributed by atoms with Crippen LogP contribution in [0, 0.1) is 11.6 Å². The van der Waals surface area contributed by atoms with Crippen molar-refractivity contribution in [2.45, 2.75) is 6.54 Å². The second kappa shape index (κ2) is 8.23. The maximum absolute atomic E-state index is 13.4. The molecule has 0 heterocycles. The first-order valence-corrected chi connectivity index (χ1v) is 7.52. The van der Waals surface area contributed by atoms with Crippen LogP contribution in [0.4, 0.5) is 14.5 Å². The predicted octanol–water partition coefficient (Wildman–Crippen LogP) is 2.50. The molecular formula is C18H18F2N2O3. The van der Waals surface area contributed by atoms with Crippen LogP contribution in [-0.2, 0) is 16.1 Å². The molecule has 132 valence electrons. The monoisotopic (exact) mass is 348 g/mol. The second-order valence-electron chi connectivity index (χ2n) is 5.54. The van der Waals surface area contributed by atoms with E-state index >= 15 is 0 Å². The van der Waals surface area contributed by atoms with Crippen molar-refractivity contribution >= 4 is 17.6 Å². The minimum Gasteiger partial charge on any atom is -0.452 e. The molecule has 1 amide bonds. The highest BCUT2D eigenvalue weighted by Gasteiger charge is 2.15. The lowest BCUT2D eigenvalue weighted by molar-refractivity contribution is -0.124. The number of amides is 1. The third-order valence-electron chi connectivity index (χ3n) is 3.43. The fraction of sp³-hybridized carbons (Fsp3) is 0.222. The molecule has 0 spiro atoms. The van der Waals surface area contributed by atoms with E-state index < -0.39 is 35.7 Å². The first-order valence-electron chi connectivity index (χ1n) is 7.52. The summed E-state index contributed by atoms with van der Waals surface area (Å²) in [6.45, 7) is -0.277. The summed E-state index contributed by atoms with van der Waals surface area (Å²) in [5.74, 6) is -3.38. The highest BCUT2D eigenvalue weighted by molar-refractivity contribution is 5.91. The average molecular weight is 348 g/mol. The Hall–Kier alpha value is -2.96. The summed E-state index contributed by atoms with van der Waals surface area (Å²) >= 11 is 0. The van der Waals surface area contributed by atoms with Crippen LogP contribution < -0.4 is 10.2 Å². The summed E-state index contributed by atoms with van der Waals surface area (Å²) in [6, 6.07) is 10.1. The highest BCUT2D eigenvalue weighted by atomic mass is 19.1. The number of anilines is 1. The Morgan fingerprint density at radius 2 is 1.76 bits per heavy atom. The summed E-state index contributed by atoms with van der Waals surface area (Å²) < 4.78 is 31.0. The van der Waals surface area contributed by atoms with Gasteiger partial charge in [0.25, 0.3) is 5.91 Å². The van der Waals surface area contributed by atoms with Gasteiger partial charge in [-0.15, -0.1) is 0 Å². The minimum atomic E-state index is -1.04. The molecule has 0 aliphatic rings. The molecule has 0 unspecified atom stereocenters. The Morgan fingerprint density at radius 1 is 1.08 bits per heavy atom. The SMILES string of the molecule is CN(C)c1ccc(CNC(=O)COC(=O)c2ccc(F)cc2F)cc1. The van der Waals surface area contributed by atoms with E-state index in [0.29, 0.717) is 6.07 Å². The third-order valence-corrected chi connectivity index (χ3v) is 3.43. The zero-order valence-electron chi connectivity index (χ0n) is 13.9. The van der Waals surface area contributed by atoms with Gasteiger partial charge in [0.05, 0.1) is 5.56 Å². The average Bonchev–Trinajstić information content (AvgIpc) is 2.58. The van der Waals surface area contributed by atoms with E-state index in [-0.39, 0.29) is 6.54 Å². The van der Waals surface area contributed by atoms with Gasteiger partial charge in [-0.05, 0) is 29.8 Å². The number of nitrogens with zero attached hydrogens (tertiary/aromatic N) is 1. The number of hydrogen-bond donors (Lipinski definition) is 1. The molecule has 0 radical (unpaired) electrons. The molecule has 2 rings (SSSR count). The van der Waals surface area contributed by atoms with Gasteiger partial charge in [0, 0.05) is 32.4 Å². The smallest absolute Gasteiger partial charge is 0.341 e. The Balaban J connectivity index is 1.81. The number of halogens is 2. The fourth-order valence-electron chi connectivity index (χ4n) is 2.03. The molecule has 25 heavy (non-hydrogen) atoms. The lowest BCUT2D eigenvalue weighted by Gasteiger charge is -2.13. The van der Waals surface area contributed by atoms with E-state index in [1.54, 1.807) is 0 Å². The van der Waals surface area contributed by atoms with E-state index in [4.69, 9.17) is 4.74 Å². The first kappa shape index (κ1) is 18.4. The van der Waals surface area contributed by atoms with Crippen molar-refractivity contribution in [3.63, 3.8) is 0 Å². The maximum atomic E-state index is 13.4. The number of hydrogen-bond acceptors (Lipinski definition) is 4. The molecule has 2 aromatic rings. The summed E-state index contributed by atoms with van der Waals surface area (Å²) in [6.07, 6.45) is 0. The van der Waals surface area contributed by atoms with Gasteiger partial charge < -0.3 is 15.0 Å². The number of carbonyl (C=O) groups excluding carboxylic acids is 2. The van der Waals surface area contributed by atoms with Crippen LogP contribution in [-0.4, -0.2) is 32.6 Å². The quantitative estimate of drug-likeness (QED) is 0.815. The van der Waals surface area contributed by atoms with Crippen LogP contribution in [0.25, 0.3) is 0 Å². The van der Waals surface area contributed by atoms with Crippen molar-refractivity contribution in [2.75, 3.05) is 25.6 Å². The van der Waals surface area contributed by atoms with Crippen LogP contribution in [0.5, 0.6) is 0 Å².